The van der Waals surface area contributed by atoms with Gasteiger partial charge in [0.05, 0.1) is 12.1 Å². The van der Waals surface area contributed by atoms with E-state index in [0.717, 1.165) is 25.0 Å². The molecule has 0 bridgehead atoms. The van der Waals surface area contributed by atoms with Crippen molar-refractivity contribution in [2.24, 2.45) is 5.84 Å². The molecule has 0 aliphatic carbocycles. The monoisotopic (exact) mass is 260 g/mol. The van der Waals surface area contributed by atoms with Crippen LogP contribution < -0.4 is 11.3 Å². The smallest absolute Gasteiger partial charge is 0.0784 e. The quantitative estimate of drug-likeness (QED) is 0.649. The summed E-state index contributed by atoms with van der Waals surface area (Å²) in [7, 11) is 0. The van der Waals surface area contributed by atoms with Crippen LogP contribution in [0.25, 0.3) is 0 Å². The first-order chi connectivity index (χ1) is 7.72. The molecule has 0 spiro atoms. The van der Waals surface area contributed by atoms with E-state index in [1.807, 2.05) is 6.07 Å². The van der Waals surface area contributed by atoms with Gasteiger partial charge in [0.25, 0.3) is 0 Å². The third kappa shape index (κ3) is 2.50. The summed E-state index contributed by atoms with van der Waals surface area (Å²) in [6.07, 6.45) is 2.11. The van der Waals surface area contributed by atoms with Crippen LogP contribution in [0.15, 0.2) is 18.2 Å². The Balaban J connectivity index is 2.28. The lowest BCUT2D eigenvalue weighted by atomic mass is 10.00. The molecule has 0 saturated carbocycles. The Labute approximate surface area is 105 Å². The molecule has 5 heteroatoms. The molecule has 3 N–H and O–H groups in total. The van der Waals surface area contributed by atoms with E-state index >= 15 is 0 Å². The molecule has 1 aromatic carbocycles. The zero-order chi connectivity index (χ0) is 11.5. The molecule has 2 atom stereocenters. The molecule has 0 aromatic heterocycles. The summed E-state index contributed by atoms with van der Waals surface area (Å²) >= 11 is 12.1. The highest BCUT2D eigenvalue weighted by Crippen LogP contribution is 2.32. The molecule has 0 amide bonds. The van der Waals surface area contributed by atoms with Gasteiger partial charge in [-0.3, -0.25) is 11.3 Å². The van der Waals surface area contributed by atoms with Crippen molar-refractivity contribution in [3.8, 4) is 0 Å². The average molecular weight is 261 g/mol. The van der Waals surface area contributed by atoms with E-state index in [4.69, 9.17) is 33.8 Å². The Hall–Kier alpha value is -0.320. The third-order valence-electron chi connectivity index (χ3n) is 2.81. The number of halogens is 2. The maximum Gasteiger partial charge on any atom is 0.0784 e. The fourth-order valence-corrected chi connectivity index (χ4v) is 2.43. The van der Waals surface area contributed by atoms with Gasteiger partial charge < -0.3 is 4.74 Å². The van der Waals surface area contributed by atoms with Gasteiger partial charge in [0.2, 0.25) is 0 Å². The number of benzene rings is 1. The number of hydrogen-bond donors (Lipinski definition) is 2. The van der Waals surface area contributed by atoms with Crippen LogP contribution in [0.3, 0.4) is 0 Å². The van der Waals surface area contributed by atoms with E-state index in [9.17, 15) is 0 Å². The van der Waals surface area contributed by atoms with E-state index < -0.39 is 0 Å². The van der Waals surface area contributed by atoms with E-state index in [0.29, 0.717) is 10.0 Å². The van der Waals surface area contributed by atoms with Crippen molar-refractivity contribution in [1.29, 1.82) is 0 Å². The van der Waals surface area contributed by atoms with Gasteiger partial charge in [0, 0.05) is 16.7 Å². The van der Waals surface area contributed by atoms with Gasteiger partial charge in [0.1, 0.15) is 0 Å². The average Bonchev–Trinajstić information content (AvgIpc) is 2.78. The Morgan fingerprint density at radius 3 is 2.88 bits per heavy atom. The number of nitrogens with one attached hydrogen (secondary N) is 1. The molecule has 2 rings (SSSR count). The highest BCUT2D eigenvalue weighted by molar-refractivity contribution is 6.33. The molecule has 88 valence electrons. The van der Waals surface area contributed by atoms with Gasteiger partial charge in [-0.15, -0.1) is 0 Å². The Kier molecular flexibility index (Phi) is 4.05. The first-order valence-corrected chi connectivity index (χ1v) is 6.00. The van der Waals surface area contributed by atoms with Crippen LogP contribution in [0.4, 0.5) is 0 Å². The van der Waals surface area contributed by atoms with Crippen LogP contribution in [0.2, 0.25) is 10.0 Å². The summed E-state index contributed by atoms with van der Waals surface area (Å²) in [6.45, 7) is 0.779. The largest absolute Gasteiger partial charge is 0.376 e. The van der Waals surface area contributed by atoms with Crippen LogP contribution in [0.5, 0.6) is 0 Å². The first kappa shape index (κ1) is 12.1. The fraction of sp³-hybridized carbons (Fsp3) is 0.455. The second-order valence-corrected chi connectivity index (χ2v) is 4.71. The molecule has 2 unspecified atom stereocenters. The molecule has 1 aromatic rings. The molecule has 1 aliphatic rings. The molecule has 1 saturated heterocycles. The van der Waals surface area contributed by atoms with Gasteiger partial charge >= 0.3 is 0 Å². The standard InChI is InChI=1S/C11H14Cl2N2O/c12-7-3-4-9(13)8(6-7)11(15-14)10-2-1-5-16-10/h3-4,6,10-11,15H,1-2,5,14H2. The van der Waals surface area contributed by atoms with Crippen molar-refractivity contribution in [2.45, 2.75) is 25.0 Å². The second-order valence-electron chi connectivity index (χ2n) is 3.86. The topological polar surface area (TPSA) is 47.3 Å². The Morgan fingerprint density at radius 2 is 2.25 bits per heavy atom. The number of rotatable bonds is 3. The lowest BCUT2D eigenvalue weighted by molar-refractivity contribution is 0.0784. The van der Waals surface area contributed by atoms with Crippen LogP contribution in [-0.4, -0.2) is 12.7 Å². The van der Waals surface area contributed by atoms with Crippen LogP contribution in [0.1, 0.15) is 24.4 Å². The predicted octanol–water partition coefficient (Wildman–Crippen LogP) is 2.68. The molecule has 1 fully saturated rings. The van der Waals surface area contributed by atoms with Crippen LogP contribution in [0, 0.1) is 0 Å². The SMILES string of the molecule is NNC(c1cc(Cl)ccc1Cl)C1CCCO1. The maximum atomic E-state index is 6.14. The molecular formula is C11H14Cl2N2O. The summed E-state index contributed by atoms with van der Waals surface area (Å²) in [5.41, 5.74) is 3.65. The molecule has 3 nitrogen and oxygen atoms in total. The highest BCUT2D eigenvalue weighted by Gasteiger charge is 2.27. The highest BCUT2D eigenvalue weighted by atomic mass is 35.5. The van der Waals surface area contributed by atoms with Crippen molar-refractivity contribution in [1.82, 2.24) is 5.43 Å². The number of nitrogens with two attached hydrogens (primary N) is 1. The Bertz CT molecular complexity index is 367. The lowest BCUT2D eigenvalue weighted by Gasteiger charge is -2.23. The first-order valence-electron chi connectivity index (χ1n) is 5.25. The summed E-state index contributed by atoms with van der Waals surface area (Å²) in [5.74, 6) is 5.57. The van der Waals surface area contributed by atoms with Gasteiger partial charge in [-0.05, 0) is 36.6 Å². The maximum absolute atomic E-state index is 6.14. The minimum Gasteiger partial charge on any atom is -0.376 e. The summed E-state index contributed by atoms with van der Waals surface area (Å²) in [4.78, 5) is 0. The normalized spacial score (nSPS) is 22.3. The third-order valence-corrected chi connectivity index (χ3v) is 3.39. The van der Waals surface area contributed by atoms with Gasteiger partial charge in [-0.1, -0.05) is 23.2 Å². The number of ether oxygens (including phenoxy) is 1. The Morgan fingerprint density at radius 1 is 1.44 bits per heavy atom. The number of hydrogen-bond acceptors (Lipinski definition) is 3. The lowest BCUT2D eigenvalue weighted by Crippen LogP contribution is -2.36. The van der Waals surface area contributed by atoms with Crippen molar-refractivity contribution in [3.63, 3.8) is 0 Å². The van der Waals surface area contributed by atoms with Gasteiger partial charge in [-0.25, -0.2) is 0 Å². The van der Waals surface area contributed by atoms with E-state index in [1.54, 1.807) is 12.1 Å². The van der Waals surface area contributed by atoms with Crippen molar-refractivity contribution < 1.29 is 4.74 Å². The summed E-state index contributed by atoms with van der Waals surface area (Å²) in [6, 6.07) is 5.26. The predicted molar refractivity (Wildman–Crippen MR) is 65.5 cm³/mol. The summed E-state index contributed by atoms with van der Waals surface area (Å²) < 4.78 is 5.61. The van der Waals surface area contributed by atoms with Crippen molar-refractivity contribution in [2.75, 3.05) is 6.61 Å². The van der Waals surface area contributed by atoms with E-state index in [2.05, 4.69) is 5.43 Å². The fourth-order valence-electron chi connectivity index (χ4n) is 2.02. The van der Waals surface area contributed by atoms with Crippen molar-refractivity contribution in [3.05, 3.63) is 33.8 Å². The molecule has 1 heterocycles. The minimum atomic E-state index is -0.103. The molecular weight excluding hydrogens is 247 g/mol. The van der Waals surface area contributed by atoms with Crippen LogP contribution >= 0.6 is 23.2 Å². The molecule has 0 radical (unpaired) electrons. The zero-order valence-corrected chi connectivity index (χ0v) is 10.3. The molecule has 1 aliphatic heterocycles. The second kappa shape index (κ2) is 5.34. The van der Waals surface area contributed by atoms with Crippen molar-refractivity contribution >= 4 is 23.2 Å². The van der Waals surface area contributed by atoms with E-state index in [-0.39, 0.29) is 12.1 Å². The number of hydrazine groups is 1. The zero-order valence-electron chi connectivity index (χ0n) is 8.75. The minimum absolute atomic E-state index is 0.0703. The van der Waals surface area contributed by atoms with Gasteiger partial charge in [0.15, 0.2) is 0 Å². The summed E-state index contributed by atoms with van der Waals surface area (Å²) in [5, 5.41) is 1.31. The van der Waals surface area contributed by atoms with Crippen LogP contribution in [-0.2, 0) is 4.74 Å². The molecule has 16 heavy (non-hydrogen) atoms. The van der Waals surface area contributed by atoms with Gasteiger partial charge in [-0.2, -0.15) is 0 Å². The van der Waals surface area contributed by atoms with E-state index in [1.165, 1.54) is 0 Å².